The standard InChI is InChI=1S/C26H36ClN3O4S/c1-5-8-17-28-26(32)23(7-3)29(18-21-14-9-11-15-22(21)27)25(31)19-30(35(4,33)34)24-16-12-10-13-20(24)6-2/h9-16,23H,5-8,17-19H2,1-4H3,(H,28,32)/t23-/m0/s1. The first kappa shape index (κ1) is 28.7. The van der Waals surface area contributed by atoms with Gasteiger partial charge < -0.3 is 10.2 Å². The van der Waals surface area contributed by atoms with Crippen molar-refractivity contribution in [2.75, 3.05) is 23.7 Å². The zero-order chi connectivity index (χ0) is 26.0. The number of anilines is 1. The summed E-state index contributed by atoms with van der Waals surface area (Å²) >= 11 is 6.37. The van der Waals surface area contributed by atoms with Crippen LogP contribution in [0.4, 0.5) is 5.69 Å². The van der Waals surface area contributed by atoms with Gasteiger partial charge in [0.2, 0.25) is 21.8 Å². The molecule has 0 aliphatic rings. The molecule has 0 bridgehead atoms. The van der Waals surface area contributed by atoms with Gasteiger partial charge in [0, 0.05) is 18.1 Å². The summed E-state index contributed by atoms with van der Waals surface area (Å²) < 4.78 is 26.7. The highest BCUT2D eigenvalue weighted by Crippen LogP contribution is 2.25. The largest absolute Gasteiger partial charge is 0.354 e. The maximum Gasteiger partial charge on any atom is 0.244 e. The minimum atomic E-state index is -3.77. The molecule has 9 heteroatoms. The topological polar surface area (TPSA) is 86.8 Å². The van der Waals surface area contributed by atoms with Gasteiger partial charge in [0.05, 0.1) is 11.9 Å². The minimum absolute atomic E-state index is 0.0885. The Morgan fingerprint density at radius 3 is 2.20 bits per heavy atom. The molecule has 0 fully saturated rings. The van der Waals surface area contributed by atoms with Crippen molar-refractivity contribution in [3.63, 3.8) is 0 Å². The van der Waals surface area contributed by atoms with Gasteiger partial charge in [-0.3, -0.25) is 13.9 Å². The van der Waals surface area contributed by atoms with E-state index >= 15 is 0 Å². The Morgan fingerprint density at radius 2 is 1.63 bits per heavy atom. The number of carbonyl (C=O) groups excluding carboxylic acids is 2. The summed E-state index contributed by atoms with van der Waals surface area (Å²) in [4.78, 5) is 28.2. The van der Waals surface area contributed by atoms with Crippen molar-refractivity contribution >= 4 is 39.1 Å². The normalized spacial score (nSPS) is 12.1. The number of hydrogen-bond donors (Lipinski definition) is 1. The first-order chi connectivity index (χ1) is 16.6. The van der Waals surface area contributed by atoms with E-state index in [4.69, 9.17) is 11.6 Å². The minimum Gasteiger partial charge on any atom is -0.354 e. The first-order valence-corrected chi connectivity index (χ1v) is 14.2. The van der Waals surface area contributed by atoms with Gasteiger partial charge in [0.15, 0.2) is 0 Å². The number of rotatable bonds is 13. The van der Waals surface area contributed by atoms with E-state index in [-0.39, 0.29) is 12.5 Å². The molecule has 0 radical (unpaired) electrons. The third-order valence-corrected chi connectivity index (χ3v) is 7.33. The van der Waals surface area contributed by atoms with Crippen LogP contribution in [0.1, 0.15) is 51.2 Å². The van der Waals surface area contributed by atoms with Gasteiger partial charge in [-0.05, 0) is 42.5 Å². The molecule has 0 unspecified atom stereocenters. The molecule has 0 aliphatic heterocycles. The molecule has 1 atom stereocenters. The van der Waals surface area contributed by atoms with E-state index in [0.29, 0.717) is 35.7 Å². The first-order valence-electron chi connectivity index (χ1n) is 12.0. The van der Waals surface area contributed by atoms with Crippen LogP contribution >= 0.6 is 11.6 Å². The lowest BCUT2D eigenvalue weighted by molar-refractivity contribution is -0.140. The third-order valence-electron chi connectivity index (χ3n) is 5.83. The number of benzene rings is 2. The van der Waals surface area contributed by atoms with Crippen LogP contribution in [0, 0.1) is 0 Å². The molecule has 2 amide bonds. The zero-order valence-electron chi connectivity index (χ0n) is 21.0. The molecule has 35 heavy (non-hydrogen) atoms. The van der Waals surface area contributed by atoms with Crippen molar-refractivity contribution in [2.24, 2.45) is 0 Å². The summed E-state index contributed by atoms with van der Waals surface area (Å²) in [5, 5.41) is 3.38. The summed E-state index contributed by atoms with van der Waals surface area (Å²) in [6.07, 6.45) is 3.82. The number of nitrogens with one attached hydrogen (secondary N) is 1. The average Bonchev–Trinajstić information content (AvgIpc) is 2.82. The number of unbranched alkanes of at least 4 members (excludes halogenated alkanes) is 1. The molecule has 0 saturated carbocycles. The van der Waals surface area contributed by atoms with E-state index in [0.717, 1.165) is 29.0 Å². The maximum atomic E-state index is 13.7. The molecule has 0 aromatic heterocycles. The third kappa shape index (κ3) is 7.97. The predicted octanol–water partition coefficient (Wildman–Crippen LogP) is 4.39. The zero-order valence-corrected chi connectivity index (χ0v) is 22.5. The van der Waals surface area contributed by atoms with E-state index in [1.165, 1.54) is 4.90 Å². The number of hydrogen-bond acceptors (Lipinski definition) is 4. The van der Waals surface area contributed by atoms with E-state index in [1.54, 1.807) is 30.3 Å². The average molecular weight is 522 g/mol. The molecule has 0 heterocycles. The fraction of sp³-hybridized carbons (Fsp3) is 0.462. The van der Waals surface area contributed by atoms with Gasteiger partial charge >= 0.3 is 0 Å². The van der Waals surface area contributed by atoms with Crippen LogP contribution in [0.15, 0.2) is 48.5 Å². The summed E-state index contributed by atoms with van der Waals surface area (Å²) in [5.41, 5.74) is 1.96. The van der Waals surface area contributed by atoms with Crippen molar-refractivity contribution in [3.8, 4) is 0 Å². The van der Waals surface area contributed by atoms with Crippen molar-refractivity contribution in [1.29, 1.82) is 0 Å². The number of sulfonamides is 1. The number of amides is 2. The smallest absolute Gasteiger partial charge is 0.244 e. The molecular weight excluding hydrogens is 486 g/mol. The predicted molar refractivity (Wildman–Crippen MR) is 142 cm³/mol. The Hall–Kier alpha value is -2.58. The number of nitrogens with zero attached hydrogens (tertiary/aromatic N) is 2. The van der Waals surface area contributed by atoms with Gasteiger partial charge in [-0.1, -0.05) is 75.2 Å². The highest BCUT2D eigenvalue weighted by molar-refractivity contribution is 7.92. The Kier molecular flexibility index (Phi) is 11.0. The van der Waals surface area contributed by atoms with Crippen molar-refractivity contribution in [2.45, 2.75) is 59.0 Å². The van der Waals surface area contributed by atoms with E-state index < -0.39 is 28.5 Å². The van der Waals surface area contributed by atoms with Crippen LogP contribution < -0.4 is 9.62 Å². The number of halogens is 1. The second-order valence-corrected chi connectivity index (χ2v) is 10.7. The van der Waals surface area contributed by atoms with Crippen LogP contribution in [0.25, 0.3) is 0 Å². The molecule has 2 aromatic carbocycles. The summed E-state index contributed by atoms with van der Waals surface area (Å²) in [5.74, 6) is -0.736. The van der Waals surface area contributed by atoms with Crippen molar-refractivity contribution < 1.29 is 18.0 Å². The van der Waals surface area contributed by atoms with Gasteiger partial charge in [-0.25, -0.2) is 8.42 Å². The molecule has 2 aromatic rings. The van der Waals surface area contributed by atoms with Gasteiger partial charge in [0.25, 0.3) is 0 Å². The molecular formula is C26H36ClN3O4S. The molecule has 0 saturated heterocycles. The second-order valence-electron chi connectivity index (χ2n) is 8.43. The highest BCUT2D eigenvalue weighted by atomic mass is 35.5. The van der Waals surface area contributed by atoms with Gasteiger partial charge in [-0.2, -0.15) is 0 Å². The van der Waals surface area contributed by atoms with E-state index in [2.05, 4.69) is 5.32 Å². The fourth-order valence-electron chi connectivity index (χ4n) is 3.88. The summed E-state index contributed by atoms with van der Waals surface area (Å²) in [6, 6.07) is 13.5. The number of aryl methyl sites for hydroxylation is 1. The Balaban J connectivity index is 2.45. The quantitative estimate of drug-likeness (QED) is 0.396. The second kappa shape index (κ2) is 13.5. The molecule has 0 aliphatic carbocycles. The van der Waals surface area contributed by atoms with Crippen molar-refractivity contribution in [3.05, 3.63) is 64.7 Å². The fourth-order valence-corrected chi connectivity index (χ4v) is 4.96. The van der Waals surface area contributed by atoms with Crippen LogP contribution in [0.3, 0.4) is 0 Å². The Bertz CT molecular complexity index is 1110. The lowest BCUT2D eigenvalue weighted by Gasteiger charge is -2.33. The SMILES string of the molecule is CCCCNC(=O)[C@H](CC)N(Cc1ccccc1Cl)C(=O)CN(c1ccccc1CC)S(C)(=O)=O. The summed E-state index contributed by atoms with van der Waals surface area (Å²) in [6.45, 7) is 5.98. The molecule has 7 nitrogen and oxygen atoms in total. The van der Waals surface area contributed by atoms with Crippen LogP contribution in [0.5, 0.6) is 0 Å². The van der Waals surface area contributed by atoms with Crippen LogP contribution in [0.2, 0.25) is 5.02 Å². The number of carbonyl (C=O) groups is 2. The van der Waals surface area contributed by atoms with Gasteiger partial charge in [-0.15, -0.1) is 0 Å². The molecule has 192 valence electrons. The monoisotopic (exact) mass is 521 g/mol. The Morgan fingerprint density at radius 1 is 1.00 bits per heavy atom. The van der Waals surface area contributed by atoms with E-state index in [9.17, 15) is 18.0 Å². The van der Waals surface area contributed by atoms with Gasteiger partial charge in [0.1, 0.15) is 12.6 Å². The number of para-hydroxylation sites is 1. The maximum absolute atomic E-state index is 13.7. The molecule has 0 spiro atoms. The lowest BCUT2D eigenvalue weighted by atomic mass is 10.1. The Labute approximate surface area is 214 Å². The lowest BCUT2D eigenvalue weighted by Crippen LogP contribution is -2.52. The highest BCUT2D eigenvalue weighted by Gasteiger charge is 2.32. The molecule has 1 N–H and O–H groups in total. The van der Waals surface area contributed by atoms with Crippen LogP contribution in [-0.2, 0) is 32.6 Å². The molecule has 2 rings (SSSR count). The van der Waals surface area contributed by atoms with Crippen LogP contribution in [-0.4, -0.2) is 50.5 Å². The van der Waals surface area contributed by atoms with E-state index in [1.807, 2.05) is 39.0 Å². The summed E-state index contributed by atoms with van der Waals surface area (Å²) in [7, 11) is -3.77. The van der Waals surface area contributed by atoms with Crippen molar-refractivity contribution in [1.82, 2.24) is 10.2 Å².